The lowest BCUT2D eigenvalue weighted by molar-refractivity contribution is -0.385. The zero-order chi connectivity index (χ0) is 14.7. The smallest absolute Gasteiger partial charge is 0.319 e. The predicted molar refractivity (Wildman–Crippen MR) is 73.9 cm³/mol. The fourth-order valence-corrected chi connectivity index (χ4v) is 2.47. The van der Waals surface area contributed by atoms with Crippen molar-refractivity contribution in [3.8, 4) is 0 Å². The lowest BCUT2D eigenvalue weighted by Crippen LogP contribution is -2.23. The van der Waals surface area contributed by atoms with Crippen molar-refractivity contribution < 1.29 is 9.72 Å². The summed E-state index contributed by atoms with van der Waals surface area (Å²) in [4.78, 5) is 30.9. The summed E-state index contributed by atoms with van der Waals surface area (Å²) in [6.45, 7) is 2.10. The maximum absolute atomic E-state index is 12.0. The van der Waals surface area contributed by atoms with Crippen molar-refractivity contribution in [1.82, 2.24) is 15.3 Å². The molecular formula is C11H9ClN4O3S. The zero-order valence-corrected chi connectivity index (χ0v) is 11.9. The van der Waals surface area contributed by atoms with E-state index in [1.54, 1.807) is 6.20 Å². The van der Waals surface area contributed by atoms with E-state index >= 15 is 0 Å². The number of pyridine rings is 1. The van der Waals surface area contributed by atoms with Crippen LogP contribution in [0, 0.1) is 17.0 Å². The van der Waals surface area contributed by atoms with Crippen LogP contribution >= 0.6 is 22.9 Å². The third kappa shape index (κ3) is 3.09. The van der Waals surface area contributed by atoms with Gasteiger partial charge in [-0.3, -0.25) is 14.9 Å². The van der Waals surface area contributed by atoms with Gasteiger partial charge in [0.05, 0.1) is 11.5 Å². The van der Waals surface area contributed by atoms with E-state index in [1.807, 2.05) is 6.92 Å². The summed E-state index contributed by atoms with van der Waals surface area (Å²) in [5.74, 6) is -0.589. The Labute approximate surface area is 122 Å². The number of nitrogens with one attached hydrogen (secondary N) is 1. The van der Waals surface area contributed by atoms with Crippen molar-refractivity contribution in [3.05, 3.63) is 49.2 Å². The Kier molecular flexibility index (Phi) is 4.26. The number of nitrogens with zero attached hydrogens (tertiary/aromatic N) is 3. The van der Waals surface area contributed by atoms with E-state index in [1.165, 1.54) is 23.6 Å². The van der Waals surface area contributed by atoms with Gasteiger partial charge in [-0.15, -0.1) is 11.3 Å². The summed E-state index contributed by atoms with van der Waals surface area (Å²) >= 11 is 7.09. The molecule has 2 aromatic heterocycles. The molecule has 0 atom stereocenters. The first-order valence-electron chi connectivity index (χ1n) is 5.47. The number of carbonyl (C=O) groups is 1. The van der Waals surface area contributed by atoms with Crippen LogP contribution in [-0.2, 0) is 6.54 Å². The van der Waals surface area contributed by atoms with Gasteiger partial charge in [-0.1, -0.05) is 11.6 Å². The first-order valence-corrected chi connectivity index (χ1v) is 6.67. The van der Waals surface area contributed by atoms with Gasteiger partial charge >= 0.3 is 5.69 Å². The minimum absolute atomic E-state index is 0.122. The van der Waals surface area contributed by atoms with Crippen molar-refractivity contribution in [2.45, 2.75) is 13.5 Å². The Balaban J connectivity index is 2.17. The Hall–Kier alpha value is -2.06. The van der Waals surface area contributed by atoms with Crippen LogP contribution < -0.4 is 5.32 Å². The topological polar surface area (TPSA) is 98.0 Å². The maximum Gasteiger partial charge on any atom is 0.319 e. The standard InChI is InChI=1S/C11H9ClN4O3S/c1-6-4-14-8(20-6)5-15-11(17)7-2-3-13-10(12)9(7)16(18)19/h2-4H,5H2,1H3,(H,15,17). The molecule has 1 amide bonds. The summed E-state index contributed by atoms with van der Waals surface area (Å²) in [5, 5.41) is 13.9. The van der Waals surface area contributed by atoms with Crippen molar-refractivity contribution in [3.63, 3.8) is 0 Å². The molecule has 0 radical (unpaired) electrons. The molecule has 0 aliphatic carbocycles. The highest BCUT2D eigenvalue weighted by Crippen LogP contribution is 2.25. The second-order valence-corrected chi connectivity index (χ2v) is 5.48. The fraction of sp³-hybridized carbons (Fsp3) is 0.182. The first kappa shape index (κ1) is 14.4. The molecule has 2 aromatic rings. The molecule has 0 aromatic carbocycles. The molecule has 0 bridgehead atoms. The van der Waals surface area contributed by atoms with Gasteiger partial charge < -0.3 is 5.32 Å². The average Bonchev–Trinajstić information content (AvgIpc) is 2.81. The number of aryl methyl sites for hydroxylation is 1. The van der Waals surface area contributed by atoms with Crippen LogP contribution in [0.3, 0.4) is 0 Å². The number of hydrogen-bond acceptors (Lipinski definition) is 6. The molecule has 0 fully saturated rings. The summed E-state index contributed by atoms with van der Waals surface area (Å²) < 4.78 is 0. The van der Waals surface area contributed by atoms with Crippen molar-refractivity contribution in [2.75, 3.05) is 0 Å². The normalized spacial score (nSPS) is 10.3. The van der Waals surface area contributed by atoms with Gasteiger partial charge in [-0.25, -0.2) is 9.97 Å². The minimum atomic E-state index is -0.724. The van der Waals surface area contributed by atoms with E-state index < -0.39 is 16.5 Å². The fourth-order valence-electron chi connectivity index (χ4n) is 1.52. The van der Waals surface area contributed by atoms with Crippen LogP contribution in [0.25, 0.3) is 0 Å². The third-order valence-corrected chi connectivity index (χ3v) is 3.57. The number of rotatable bonds is 4. The highest BCUT2D eigenvalue weighted by atomic mass is 35.5. The van der Waals surface area contributed by atoms with E-state index in [-0.39, 0.29) is 17.3 Å². The van der Waals surface area contributed by atoms with Gasteiger partial charge in [-0.05, 0) is 13.0 Å². The van der Waals surface area contributed by atoms with Gasteiger partial charge in [0.25, 0.3) is 5.91 Å². The highest BCUT2D eigenvalue weighted by Gasteiger charge is 2.24. The number of carbonyl (C=O) groups excluding carboxylic acids is 1. The summed E-state index contributed by atoms with van der Waals surface area (Å²) in [7, 11) is 0. The second-order valence-electron chi connectivity index (χ2n) is 3.80. The van der Waals surface area contributed by atoms with Crippen LogP contribution in [-0.4, -0.2) is 20.8 Å². The van der Waals surface area contributed by atoms with E-state index in [0.717, 1.165) is 9.88 Å². The van der Waals surface area contributed by atoms with Crippen molar-refractivity contribution in [1.29, 1.82) is 0 Å². The number of nitro groups is 1. The zero-order valence-electron chi connectivity index (χ0n) is 10.3. The molecule has 0 aliphatic rings. The number of halogens is 1. The maximum atomic E-state index is 12.0. The largest absolute Gasteiger partial charge is 0.345 e. The highest BCUT2D eigenvalue weighted by molar-refractivity contribution is 7.11. The Morgan fingerprint density at radius 2 is 2.30 bits per heavy atom. The van der Waals surface area contributed by atoms with Crippen molar-refractivity contribution >= 4 is 34.5 Å². The summed E-state index contributed by atoms with van der Waals surface area (Å²) in [6, 6.07) is 1.26. The molecule has 20 heavy (non-hydrogen) atoms. The predicted octanol–water partition coefficient (Wildman–Crippen LogP) is 2.34. The molecule has 7 nitrogen and oxygen atoms in total. The van der Waals surface area contributed by atoms with E-state index in [4.69, 9.17) is 11.6 Å². The van der Waals surface area contributed by atoms with Crippen LogP contribution in [0.15, 0.2) is 18.5 Å². The molecular weight excluding hydrogens is 304 g/mol. The monoisotopic (exact) mass is 312 g/mol. The number of thiazole rings is 1. The molecule has 9 heteroatoms. The average molecular weight is 313 g/mol. The third-order valence-electron chi connectivity index (χ3n) is 2.38. The number of hydrogen-bond donors (Lipinski definition) is 1. The van der Waals surface area contributed by atoms with E-state index in [2.05, 4.69) is 15.3 Å². The molecule has 0 spiro atoms. The number of aromatic nitrogens is 2. The Bertz CT molecular complexity index is 673. The molecule has 0 aliphatic heterocycles. The quantitative estimate of drug-likeness (QED) is 0.531. The first-order chi connectivity index (χ1) is 9.49. The molecule has 0 saturated carbocycles. The summed E-state index contributed by atoms with van der Waals surface area (Å²) in [5.41, 5.74) is -0.620. The molecule has 104 valence electrons. The van der Waals surface area contributed by atoms with Crippen LogP contribution in [0.4, 0.5) is 5.69 Å². The minimum Gasteiger partial charge on any atom is -0.345 e. The van der Waals surface area contributed by atoms with Gasteiger partial charge in [0.15, 0.2) is 0 Å². The SMILES string of the molecule is Cc1cnc(CNC(=O)c2ccnc(Cl)c2[N+](=O)[O-])s1. The van der Waals surface area contributed by atoms with Crippen LogP contribution in [0.5, 0.6) is 0 Å². The van der Waals surface area contributed by atoms with E-state index in [9.17, 15) is 14.9 Å². The molecule has 0 unspecified atom stereocenters. The molecule has 0 saturated heterocycles. The number of amides is 1. The Morgan fingerprint density at radius 3 is 2.90 bits per heavy atom. The van der Waals surface area contributed by atoms with Gasteiger partial charge in [0, 0.05) is 17.3 Å². The molecule has 1 N–H and O–H groups in total. The van der Waals surface area contributed by atoms with E-state index in [0.29, 0.717) is 0 Å². The lowest BCUT2D eigenvalue weighted by Gasteiger charge is -2.04. The van der Waals surface area contributed by atoms with Crippen molar-refractivity contribution in [2.24, 2.45) is 0 Å². The van der Waals surface area contributed by atoms with Gasteiger partial charge in [-0.2, -0.15) is 0 Å². The van der Waals surface area contributed by atoms with Crippen LogP contribution in [0.2, 0.25) is 5.15 Å². The second kappa shape index (κ2) is 5.93. The summed E-state index contributed by atoms with van der Waals surface area (Å²) in [6.07, 6.45) is 2.94. The lowest BCUT2D eigenvalue weighted by atomic mass is 10.2. The van der Waals surface area contributed by atoms with Gasteiger partial charge in [0.2, 0.25) is 5.15 Å². The molecule has 2 rings (SSSR count). The Morgan fingerprint density at radius 1 is 1.55 bits per heavy atom. The molecule has 2 heterocycles. The van der Waals surface area contributed by atoms with Gasteiger partial charge in [0.1, 0.15) is 10.6 Å². The van der Waals surface area contributed by atoms with Crippen LogP contribution in [0.1, 0.15) is 20.2 Å².